The molecule has 2 amide bonds. The maximum Gasteiger partial charge on any atom is 0.416 e. The summed E-state index contributed by atoms with van der Waals surface area (Å²) in [5.41, 5.74) is 1.94. The van der Waals surface area contributed by atoms with E-state index in [9.17, 15) is 18.0 Å². The number of hydrogen-bond acceptors (Lipinski definition) is 5. The predicted octanol–water partition coefficient (Wildman–Crippen LogP) is 4.59. The molecule has 3 heterocycles. The Labute approximate surface area is 200 Å². The number of halogens is 3. The molecular weight excluding hydrogens is 459 g/mol. The minimum atomic E-state index is -4.48. The third-order valence-corrected chi connectivity index (χ3v) is 6.11. The van der Waals surface area contributed by atoms with Gasteiger partial charge in [0.1, 0.15) is 5.82 Å². The van der Waals surface area contributed by atoms with Crippen molar-refractivity contribution in [1.29, 1.82) is 0 Å². The molecule has 35 heavy (non-hydrogen) atoms. The number of fused-ring (bicyclic) bond motifs is 1. The van der Waals surface area contributed by atoms with Crippen LogP contribution in [0.1, 0.15) is 16.8 Å². The van der Waals surface area contributed by atoms with Crippen LogP contribution in [0.5, 0.6) is 0 Å². The largest absolute Gasteiger partial charge is 0.416 e. The highest BCUT2D eigenvalue weighted by Crippen LogP contribution is 2.32. The number of rotatable bonds is 3. The van der Waals surface area contributed by atoms with Crippen molar-refractivity contribution in [2.45, 2.75) is 19.1 Å². The van der Waals surface area contributed by atoms with Gasteiger partial charge in [-0.2, -0.15) is 13.2 Å². The number of carbonyl (C=O) groups is 1. The molecule has 182 valence electrons. The Morgan fingerprint density at radius 1 is 0.971 bits per heavy atom. The first kappa shape index (κ1) is 23.1. The zero-order valence-corrected chi connectivity index (χ0v) is 18.9. The molecule has 1 N–H and O–H groups in total. The summed E-state index contributed by atoms with van der Waals surface area (Å²) < 4.78 is 44.7. The first-order chi connectivity index (χ1) is 16.9. The highest BCUT2D eigenvalue weighted by atomic mass is 19.4. The molecule has 0 radical (unpaired) electrons. The lowest BCUT2D eigenvalue weighted by atomic mass is 10.0. The van der Waals surface area contributed by atoms with E-state index in [1.807, 2.05) is 30.3 Å². The zero-order valence-electron chi connectivity index (χ0n) is 18.9. The Hall–Kier alpha value is -3.66. The lowest BCUT2D eigenvalue weighted by Gasteiger charge is -2.34. The molecule has 0 aliphatic carbocycles. The number of anilines is 2. The van der Waals surface area contributed by atoms with Crippen LogP contribution in [0.25, 0.3) is 11.4 Å². The molecule has 0 unspecified atom stereocenters. The lowest BCUT2D eigenvalue weighted by Crippen LogP contribution is -2.42. The third-order valence-electron chi connectivity index (χ3n) is 6.11. The van der Waals surface area contributed by atoms with Crippen molar-refractivity contribution in [2.24, 2.45) is 0 Å². The summed E-state index contributed by atoms with van der Waals surface area (Å²) in [5, 5.41) is 2.60. The average Bonchev–Trinajstić information content (AvgIpc) is 2.88. The topological polar surface area (TPSA) is 70.6 Å². The molecule has 3 aromatic rings. The summed E-state index contributed by atoms with van der Waals surface area (Å²) in [6, 6.07) is 13.9. The SMILES string of the molecule is O=C(Nc1cccc(C(F)(F)F)c1)N1CCc2nc(-c3ccccc3)nc(N3CCOCC3)c2C1. The van der Waals surface area contributed by atoms with Gasteiger partial charge in [-0.3, -0.25) is 0 Å². The second-order valence-electron chi connectivity index (χ2n) is 8.44. The Morgan fingerprint density at radius 3 is 2.49 bits per heavy atom. The zero-order chi connectivity index (χ0) is 24.4. The monoisotopic (exact) mass is 483 g/mol. The molecule has 7 nitrogen and oxygen atoms in total. The fraction of sp³-hybridized carbons (Fsp3) is 0.320. The molecule has 0 saturated carbocycles. The molecule has 0 bridgehead atoms. The van der Waals surface area contributed by atoms with E-state index >= 15 is 0 Å². The molecule has 1 fully saturated rings. The van der Waals surface area contributed by atoms with Gasteiger partial charge in [0.25, 0.3) is 0 Å². The van der Waals surface area contributed by atoms with Gasteiger partial charge in [-0.05, 0) is 18.2 Å². The van der Waals surface area contributed by atoms with Gasteiger partial charge < -0.3 is 19.9 Å². The quantitative estimate of drug-likeness (QED) is 0.590. The number of carbonyl (C=O) groups excluding carboxylic acids is 1. The van der Waals surface area contributed by atoms with E-state index in [2.05, 4.69) is 10.2 Å². The number of alkyl halides is 3. The molecule has 0 spiro atoms. The van der Waals surface area contributed by atoms with Crippen LogP contribution in [0, 0.1) is 0 Å². The lowest BCUT2D eigenvalue weighted by molar-refractivity contribution is -0.137. The molecule has 2 aliphatic rings. The van der Waals surface area contributed by atoms with Gasteiger partial charge in [-0.25, -0.2) is 14.8 Å². The van der Waals surface area contributed by atoms with Gasteiger partial charge in [0.05, 0.1) is 31.0 Å². The van der Waals surface area contributed by atoms with Crippen LogP contribution in [0.2, 0.25) is 0 Å². The predicted molar refractivity (Wildman–Crippen MR) is 125 cm³/mol. The van der Waals surface area contributed by atoms with E-state index in [0.29, 0.717) is 45.1 Å². The highest BCUT2D eigenvalue weighted by Gasteiger charge is 2.31. The van der Waals surface area contributed by atoms with Crippen LogP contribution in [0.15, 0.2) is 54.6 Å². The summed E-state index contributed by atoms with van der Waals surface area (Å²) in [6.07, 6.45) is -3.96. The van der Waals surface area contributed by atoms with Gasteiger partial charge in [-0.15, -0.1) is 0 Å². The minimum absolute atomic E-state index is 0.0969. The third kappa shape index (κ3) is 5.07. The molecule has 2 aliphatic heterocycles. The van der Waals surface area contributed by atoms with E-state index in [1.165, 1.54) is 12.1 Å². The molecule has 1 aromatic heterocycles. The van der Waals surface area contributed by atoms with E-state index in [-0.39, 0.29) is 12.2 Å². The van der Waals surface area contributed by atoms with Crippen molar-refractivity contribution in [3.05, 3.63) is 71.4 Å². The molecular formula is C25H24F3N5O2. The first-order valence-corrected chi connectivity index (χ1v) is 11.4. The van der Waals surface area contributed by atoms with Crippen LogP contribution in [0.4, 0.5) is 29.5 Å². The van der Waals surface area contributed by atoms with Crippen molar-refractivity contribution >= 4 is 17.5 Å². The van der Waals surface area contributed by atoms with Crippen molar-refractivity contribution in [2.75, 3.05) is 43.1 Å². The summed E-state index contributed by atoms with van der Waals surface area (Å²) in [6.45, 7) is 3.17. The number of nitrogens with zero attached hydrogens (tertiary/aromatic N) is 4. The van der Waals surface area contributed by atoms with E-state index in [1.54, 1.807) is 4.90 Å². The fourth-order valence-electron chi connectivity index (χ4n) is 4.30. The van der Waals surface area contributed by atoms with Crippen molar-refractivity contribution in [3.63, 3.8) is 0 Å². The molecule has 5 rings (SSSR count). The summed E-state index contributed by atoms with van der Waals surface area (Å²) in [4.78, 5) is 26.4. The van der Waals surface area contributed by atoms with E-state index in [0.717, 1.165) is 34.8 Å². The number of ether oxygens (including phenoxy) is 1. The van der Waals surface area contributed by atoms with E-state index in [4.69, 9.17) is 14.7 Å². The van der Waals surface area contributed by atoms with Crippen LogP contribution in [-0.4, -0.2) is 53.7 Å². The van der Waals surface area contributed by atoms with Gasteiger partial charge >= 0.3 is 12.2 Å². The maximum absolute atomic E-state index is 13.1. The summed E-state index contributed by atoms with van der Waals surface area (Å²) >= 11 is 0. The number of amides is 2. The molecule has 1 saturated heterocycles. The number of nitrogens with one attached hydrogen (secondary N) is 1. The van der Waals surface area contributed by atoms with Gasteiger partial charge in [0.15, 0.2) is 5.82 Å². The number of urea groups is 1. The molecule has 2 aromatic carbocycles. The Balaban J connectivity index is 1.42. The van der Waals surface area contributed by atoms with Crippen LogP contribution < -0.4 is 10.2 Å². The van der Waals surface area contributed by atoms with Crippen molar-refractivity contribution in [3.8, 4) is 11.4 Å². The van der Waals surface area contributed by atoms with Crippen molar-refractivity contribution in [1.82, 2.24) is 14.9 Å². The van der Waals surface area contributed by atoms with Crippen LogP contribution in [0.3, 0.4) is 0 Å². The van der Waals surface area contributed by atoms with Crippen molar-refractivity contribution < 1.29 is 22.7 Å². The Morgan fingerprint density at radius 2 is 1.74 bits per heavy atom. The van der Waals surface area contributed by atoms with Gasteiger partial charge in [0, 0.05) is 42.9 Å². The fourth-order valence-corrected chi connectivity index (χ4v) is 4.30. The van der Waals surface area contributed by atoms with Gasteiger partial charge in [0.2, 0.25) is 0 Å². The maximum atomic E-state index is 13.1. The first-order valence-electron chi connectivity index (χ1n) is 11.4. The second kappa shape index (κ2) is 9.53. The number of hydrogen-bond donors (Lipinski definition) is 1. The Bertz CT molecular complexity index is 1210. The number of morpholine rings is 1. The van der Waals surface area contributed by atoms with Crippen LogP contribution >= 0.6 is 0 Å². The average molecular weight is 483 g/mol. The van der Waals surface area contributed by atoms with E-state index < -0.39 is 17.8 Å². The second-order valence-corrected chi connectivity index (χ2v) is 8.44. The summed E-state index contributed by atoms with van der Waals surface area (Å²) in [5.74, 6) is 1.40. The standard InChI is InChI=1S/C25H24F3N5O2/c26-25(27,28)18-7-4-8-19(15-18)29-24(34)33-10-9-21-20(16-33)23(32-11-13-35-14-12-32)31-22(30-21)17-5-2-1-3-6-17/h1-8,15H,9-14,16H2,(H,29,34). The molecule has 0 atom stereocenters. The van der Waals surface area contributed by atoms with Gasteiger partial charge in [-0.1, -0.05) is 36.4 Å². The summed E-state index contributed by atoms with van der Waals surface area (Å²) in [7, 11) is 0. The molecule has 10 heteroatoms. The number of aromatic nitrogens is 2. The smallest absolute Gasteiger partial charge is 0.378 e. The van der Waals surface area contributed by atoms with Crippen LogP contribution in [-0.2, 0) is 23.9 Å². The number of benzene rings is 2. The highest BCUT2D eigenvalue weighted by molar-refractivity contribution is 5.89. The Kier molecular flexibility index (Phi) is 6.29. The minimum Gasteiger partial charge on any atom is -0.378 e. The normalized spacial score (nSPS) is 16.1.